The summed E-state index contributed by atoms with van der Waals surface area (Å²) < 4.78 is 20.3. The Kier molecular flexibility index (Phi) is 5.46. The maximum Gasteiger partial charge on any atom is 0.415 e. The Morgan fingerprint density at radius 2 is 2.17 bits per heavy atom. The van der Waals surface area contributed by atoms with Gasteiger partial charge in [-0.3, -0.25) is 14.5 Å². The summed E-state index contributed by atoms with van der Waals surface area (Å²) in [7, 11) is 0. The maximum atomic E-state index is 14.9. The van der Waals surface area contributed by atoms with E-state index in [-0.39, 0.29) is 24.4 Å². The summed E-state index contributed by atoms with van der Waals surface area (Å²) in [6.45, 7) is 2.18. The van der Waals surface area contributed by atoms with Crippen molar-refractivity contribution in [3.05, 3.63) is 35.2 Å². The molecule has 1 aromatic carbocycles. The molecule has 8 nitrogen and oxygen atoms in total. The van der Waals surface area contributed by atoms with Gasteiger partial charge in [-0.1, -0.05) is 13.0 Å². The highest BCUT2D eigenvalue weighted by Gasteiger charge is 2.47. The lowest BCUT2D eigenvalue weighted by atomic mass is 9.95. The van der Waals surface area contributed by atoms with E-state index >= 15 is 0 Å². The van der Waals surface area contributed by atoms with Gasteiger partial charge in [0.1, 0.15) is 18.5 Å². The van der Waals surface area contributed by atoms with E-state index in [0.717, 1.165) is 11.1 Å². The number of cyclic esters (lactones) is 1. The third-order valence-corrected chi connectivity index (χ3v) is 5.93. The highest BCUT2D eigenvalue weighted by Crippen LogP contribution is 2.41. The number of fused-ring (bicyclic) bond motifs is 3. The average Bonchev–Trinajstić information content (AvgIpc) is 3.27. The van der Waals surface area contributed by atoms with Crippen molar-refractivity contribution < 1.29 is 28.6 Å². The fourth-order valence-corrected chi connectivity index (χ4v) is 4.29. The van der Waals surface area contributed by atoms with E-state index in [1.54, 1.807) is 19.1 Å². The van der Waals surface area contributed by atoms with Crippen LogP contribution in [0.25, 0.3) is 5.57 Å². The van der Waals surface area contributed by atoms with Gasteiger partial charge < -0.3 is 20.1 Å². The molecule has 0 spiro atoms. The Balaban J connectivity index is 1.54. The minimum atomic E-state index is -0.538. The number of ether oxygens (including phenoxy) is 1. The molecule has 1 saturated heterocycles. The Hall–Kier alpha value is -2.94. The van der Waals surface area contributed by atoms with Crippen molar-refractivity contribution in [1.82, 2.24) is 10.2 Å². The van der Waals surface area contributed by atoms with Crippen LogP contribution in [0.2, 0.25) is 0 Å². The predicted molar refractivity (Wildman–Crippen MR) is 106 cm³/mol. The Bertz CT molecular complexity index is 931. The quantitative estimate of drug-likeness (QED) is 0.750. The van der Waals surface area contributed by atoms with E-state index in [1.807, 2.05) is 0 Å². The standard InChI is InChI=1S/C21H24FN3O5/c1-2-19(27)23-10-18-17-8-13-7-14(12-3-5-24(6-4-12)20(28)11-26)15(22)9-16(13)25(17)21(29)30-18/h3,7,9,17-18,26H,2,4-6,8,10-11H2,1H3,(H,23,27)/t17-,18?/m0/s1. The van der Waals surface area contributed by atoms with Crippen molar-refractivity contribution in [2.45, 2.75) is 38.3 Å². The second-order valence-corrected chi connectivity index (χ2v) is 7.66. The summed E-state index contributed by atoms with van der Waals surface area (Å²) in [6, 6.07) is 2.86. The van der Waals surface area contributed by atoms with Gasteiger partial charge in [-0.2, -0.15) is 0 Å². The van der Waals surface area contributed by atoms with Crippen LogP contribution in [0, 0.1) is 5.82 Å². The van der Waals surface area contributed by atoms with Crippen molar-refractivity contribution in [2.75, 3.05) is 31.1 Å². The zero-order chi connectivity index (χ0) is 21.4. The number of rotatable bonds is 5. The fraction of sp³-hybridized carbons (Fsp3) is 0.476. The highest BCUT2D eigenvalue weighted by molar-refractivity contribution is 5.94. The van der Waals surface area contributed by atoms with Gasteiger partial charge in [0.25, 0.3) is 0 Å². The second kappa shape index (κ2) is 8.06. The number of aliphatic hydroxyl groups excluding tert-OH is 1. The number of hydrogen-bond donors (Lipinski definition) is 2. The number of anilines is 1. The summed E-state index contributed by atoms with van der Waals surface area (Å²) >= 11 is 0. The van der Waals surface area contributed by atoms with Crippen LogP contribution in [0.3, 0.4) is 0 Å². The molecule has 0 aromatic heterocycles. The van der Waals surface area contributed by atoms with Crippen LogP contribution in [0.1, 0.15) is 30.9 Å². The molecule has 0 aliphatic carbocycles. The van der Waals surface area contributed by atoms with Crippen LogP contribution in [0.4, 0.5) is 14.9 Å². The molecule has 0 saturated carbocycles. The van der Waals surface area contributed by atoms with Crippen LogP contribution in [-0.4, -0.2) is 66.3 Å². The van der Waals surface area contributed by atoms with Crippen LogP contribution in [-0.2, 0) is 20.7 Å². The van der Waals surface area contributed by atoms with Crippen molar-refractivity contribution in [2.24, 2.45) is 0 Å². The van der Waals surface area contributed by atoms with Crippen molar-refractivity contribution in [3.63, 3.8) is 0 Å². The summed E-state index contributed by atoms with van der Waals surface area (Å²) in [5.74, 6) is -0.899. The molecule has 9 heteroatoms. The summed E-state index contributed by atoms with van der Waals surface area (Å²) in [6.07, 6.45) is 2.14. The van der Waals surface area contributed by atoms with Gasteiger partial charge in [-0.05, 0) is 36.1 Å². The molecule has 1 fully saturated rings. The first kappa shape index (κ1) is 20.3. The number of nitrogens with one attached hydrogen (secondary N) is 1. The normalized spacial score (nSPS) is 22.4. The number of benzene rings is 1. The van der Waals surface area contributed by atoms with Gasteiger partial charge in [0.15, 0.2) is 0 Å². The predicted octanol–water partition coefficient (Wildman–Crippen LogP) is 1.21. The molecule has 4 rings (SSSR count). The van der Waals surface area contributed by atoms with Gasteiger partial charge in [-0.25, -0.2) is 9.18 Å². The Morgan fingerprint density at radius 1 is 1.37 bits per heavy atom. The molecule has 3 heterocycles. The topological polar surface area (TPSA) is 99.2 Å². The lowest BCUT2D eigenvalue weighted by Crippen LogP contribution is -2.40. The van der Waals surface area contributed by atoms with E-state index in [4.69, 9.17) is 9.84 Å². The van der Waals surface area contributed by atoms with Gasteiger partial charge in [-0.15, -0.1) is 0 Å². The molecule has 3 aliphatic heterocycles. The smallest absolute Gasteiger partial charge is 0.415 e. The molecular formula is C21H24FN3O5. The Morgan fingerprint density at radius 3 is 2.83 bits per heavy atom. The largest absolute Gasteiger partial charge is 0.442 e. The van der Waals surface area contributed by atoms with Gasteiger partial charge in [0, 0.05) is 25.1 Å². The van der Waals surface area contributed by atoms with Gasteiger partial charge in [0.05, 0.1) is 18.3 Å². The van der Waals surface area contributed by atoms with E-state index in [9.17, 15) is 18.8 Å². The second-order valence-electron chi connectivity index (χ2n) is 7.66. The zero-order valence-electron chi connectivity index (χ0n) is 16.7. The van der Waals surface area contributed by atoms with Crippen molar-refractivity contribution in [3.8, 4) is 0 Å². The number of carbonyl (C=O) groups is 3. The summed E-state index contributed by atoms with van der Waals surface area (Å²) in [4.78, 5) is 38.5. The van der Waals surface area contributed by atoms with Crippen LogP contribution < -0.4 is 10.2 Å². The molecule has 0 bridgehead atoms. The lowest BCUT2D eigenvalue weighted by molar-refractivity contribution is -0.133. The van der Waals surface area contributed by atoms with E-state index in [1.165, 1.54) is 15.9 Å². The first-order valence-corrected chi connectivity index (χ1v) is 10.1. The molecule has 3 aliphatic rings. The average molecular weight is 417 g/mol. The van der Waals surface area contributed by atoms with Crippen molar-refractivity contribution in [1.29, 1.82) is 0 Å². The van der Waals surface area contributed by atoms with Crippen LogP contribution in [0.15, 0.2) is 18.2 Å². The molecule has 1 aromatic rings. The first-order chi connectivity index (χ1) is 14.4. The fourth-order valence-electron chi connectivity index (χ4n) is 4.29. The molecule has 2 atom stereocenters. The van der Waals surface area contributed by atoms with E-state index < -0.39 is 24.6 Å². The van der Waals surface area contributed by atoms with Crippen LogP contribution in [0.5, 0.6) is 0 Å². The van der Waals surface area contributed by atoms with Gasteiger partial charge in [0.2, 0.25) is 11.8 Å². The van der Waals surface area contributed by atoms with Gasteiger partial charge >= 0.3 is 6.09 Å². The summed E-state index contributed by atoms with van der Waals surface area (Å²) in [5.41, 5.74) is 2.63. The SMILES string of the molecule is CCC(=O)NCC1OC(=O)N2c3cc(F)c(C4=CCN(C(=O)CO)CC4)cc3C[C@@H]12. The number of halogens is 1. The first-order valence-electron chi connectivity index (χ1n) is 10.1. The molecule has 160 valence electrons. The molecular weight excluding hydrogens is 393 g/mol. The number of nitrogens with zero attached hydrogens (tertiary/aromatic N) is 2. The molecule has 3 amide bonds. The molecule has 0 radical (unpaired) electrons. The lowest BCUT2D eigenvalue weighted by Gasteiger charge is -2.26. The molecule has 1 unspecified atom stereocenters. The summed E-state index contributed by atoms with van der Waals surface area (Å²) in [5, 5.41) is 11.7. The van der Waals surface area contributed by atoms with E-state index in [2.05, 4.69) is 5.32 Å². The minimum Gasteiger partial charge on any atom is -0.442 e. The third-order valence-electron chi connectivity index (χ3n) is 5.93. The number of aliphatic hydroxyl groups is 1. The third kappa shape index (κ3) is 3.54. The van der Waals surface area contributed by atoms with Crippen LogP contribution >= 0.6 is 0 Å². The molecule has 2 N–H and O–H groups in total. The number of carbonyl (C=O) groups excluding carboxylic acids is 3. The minimum absolute atomic E-state index is 0.119. The van der Waals surface area contributed by atoms with Crippen molar-refractivity contribution >= 4 is 29.2 Å². The van der Waals surface area contributed by atoms with E-state index in [0.29, 0.717) is 43.6 Å². The number of hydrogen-bond acceptors (Lipinski definition) is 5. The Labute approximate surface area is 173 Å². The highest BCUT2D eigenvalue weighted by atomic mass is 19.1. The zero-order valence-corrected chi connectivity index (χ0v) is 16.7. The molecule has 30 heavy (non-hydrogen) atoms. The maximum absolute atomic E-state index is 14.9. The number of amides is 3. The monoisotopic (exact) mass is 417 g/mol.